The van der Waals surface area contributed by atoms with Crippen LogP contribution in [-0.4, -0.2) is 47.8 Å². The number of aliphatic hydroxyl groups excluding tert-OH is 2. The van der Waals surface area contributed by atoms with E-state index in [-0.39, 0.29) is 6.61 Å². The van der Waals surface area contributed by atoms with E-state index in [0.29, 0.717) is 10.0 Å². The van der Waals surface area contributed by atoms with E-state index in [1.165, 1.54) is 0 Å². The van der Waals surface area contributed by atoms with Gasteiger partial charge in [0.15, 0.2) is 12.6 Å². The van der Waals surface area contributed by atoms with Gasteiger partial charge in [-0.25, -0.2) is 0 Å². The van der Waals surface area contributed by atoms with E-state index >= 15 is 0 Å². The van der Waals surface area contributed by atoms with E-state index in [1.807, 2.05) is 38.1 Å². The summed E-state index contributed by atoms with van der Waals surface area (Å²) in [5.41, 5.74) is 3.36. The molecule has 6 nitrogen and oxygen atoms in total. The molecule has 0 aliphatic carbocycles. The molecule has 162 valence electrons. The number of ether oxygens (including phenoxy) is 4. The molecule has 2 aliphatic rings. The van der Waals surface area contributed by atoms with Crippen LogP contribution in [0.3, 0.4) is 0 Å². The maximum Gasteiger partial charge on any atom is 0.184 e. The quantitative estimate of drug-likeness (QED) is 0.730. The average Bonchev–Trinajstić information content (AvgIpc) is 2.75. The number of hydrogen-bond donors (Lipinski definition) is 2. The first-order valence-corrected chi connectivity index (χ1v) is 10.5. The smallest absolute Gasteiger partial charge is 0.184 e. The fourth-order valence-corrected chi connectivity index (χ4v) is 3.99. The number of hydrogen-bond acceptors (Lipinski definition) is 6. The molecule has 2 saturated heterocycles. The zero-order chi connectivity index (χ0) is 21.4. The molecule has 2 fully saturated rings. The molecule has 0 spiro atoms. The van der Waals surface area contributed by atoms with Crippen molar-refractivity contribution < 1.29 is 29.2 Å². The minimum Gasteiger partial charge on any atom is -0.394 e. The summed E-state index contributed by atoms with van der Waals surface area (Å²) in [5.74, 6) is 0. The second kappa shape index (κ2) is 9.10. The third-order valence-corrected chi connectivity index (χ3v) is 6.28. The molecule has 0 aromatic heterocycles. The Morgan fingerprint density at radius 3 is 2.37 bits per heavy atom. The van der Waals surface area contributed by atoms with Gasteiger partial charge in [-0.05, 0) is 43.2 Å². The van der Waals surface area contributed by atoms with Crippen LogP contribution in [0.25, 0.3) is 0 Å². The van der Waals surface area contributed by atoms with E-state index in [2.05, 4.69) is 0 Å². The molecule has 4 rings (SSSR count). The molecule has 6 unspecified atom stereocenters. The Kier molecular flexibility index (Phi) is 6.67. The maximum atomic E-state index is 10.4. The molecular formula is C22H24Cl2O6. The predicted octanol–water partition coefficient (Wildman–Crippen LogP) is 3.86. The first-order chi connectivity index (χ1) is 14.4. The van der Waals surface area contributed by atoms with Crippen LogP contribution >= 0.6 is 23.2 Å². The van der Waals surface area contributed by atoms with Crippen molar-refractivity contribution >= 4 is 23.2 Å². The minimum atomic E-state index is -1.14. The van der Waals surface area contributed by atoms with E-state index < -0.39 is 43.6 Å². The lowest BCUT2D eigenvalue weighted by Crippen LogP contribution is -2.58. The van der Waals surface area contributed by atoms with E-state index in [1.54, 1.807) is 12.1 Å². The maximum absolute atomic E-state index is 10.4. The minimum absolute atomic E-state index is 0.238. The zero-order valence-corrected chi connectivity index (χ0v) is 18.1. The third kappa shape index (κ3) is 4.38. The van der Waals surface area contributed by atoms with E-state index in [0.717, 1.165) is 22.3 Å². The largest absolute Gasteiger partial charge is 0.394 e. The van der Waals surface area contributed by atoms with Crippen LogP contribution in [0.5, 0.6) is 0 Å². The number of benzene rings is 2. The Hall–Kier alpha value is -1.22. The van der Waals surface area contributed by atoms with Gasteiger partial charge in [-0.1, -0.05) is 41.4 Å². The fourth-order valence-electron chi connectivity index (χ4n) is 3.68. The summed E-state index contributed by atoms with van der Waals surface area (Å²) in [6, 6.07) is 11.0. The number of fused-ring (bicyclic) bond motifs is 1. The third-order valence-electron chi connectivity index (χ3n) is 5.45. The molecule has 2 aromatic carbocycles. The number of aliphatic hydroxyl groups is 2. The van der Waals surface area contributed by atoms with Crippen LogP contribution in [0, 0.1) is 13.8 Å². The highest BCUT2D eigenvalue weighted by Crippen LogP contribution is 2.39. The van der Waals surface area contributed by atoms with Crippen molar-refractivity contribution in [2.75, 3.05) is 13.2 Å². The Morgan fingerprint density at radius 2 is 1.67 bits per heavy atom. The monoisotopic (exact) mass is 454 g/mol. The van der Waals surface area contributed by atoms with Crippen molar-refractivity contribution in [2.45, 2.75) is 50.8 Å². The Morgan fingerprint density at radius 1 is 0.933 bits per heavy atom. The predicted molar refractivity (Wildman–Crippen MR) is 112 cm³/mol. The van der Waals surface area contributed by atoms with Gasteiger partial charge in [0, 0.05) is 21.2 Å². The van der Waals surface area contributed by atoms with Crippen molar-refractivity contribution in [3.8, 4) is 0 Å². The van der Waals surface area contributed by atoms with Crippen molar-refractivity contribution in [3.05, 3.63) is 68.7 Å². The Bertz CT molecular complexity index is 905. The summed E-state index contributed by atoms with van der Waals surface area (Å²) in [6.45, 7) is 3.58. The SMILES string of the molecule is Cc1cc(C2OC3COC(c4ccc(C)c(Cl)c4)OC3C(C(O)CO)O2)ccc1Cl. The van der Waals surface area contributed by atoms with Gasteiger partial charge in [0.1, 0.15) is 24.4 Å². The van der Waals surface area contributed by atoms with Crippen molar-refractivity contribution in [3.63, 3.8) is 0 Å². The molecule has 2 heterocycles. The first-order valence-electron chi connectivity index (χ1n) is 9.76. The Labute approximate surface area is 185 Å². The summed E-state index contributed by atoms with van der Waals surface area (Å²) < 4.78 is 24.1. The average molecular weight is 455 g/mol. The van der Waals surface area contributed by atoms with E-state index in [4.69, 9.17) is 42.1 Å². The highest BCUT2D eigenvalue weighted by molar-refractivity contribution is 6.31. The molecule has 2 aromatic rings. The fraction of sp³-hybridized carbons (Fsp3) is 0.455. The molecule has 0 bridgehead atoms. The zero-order valence-electron chi connectivity index (χ0n) is 16.6. The molecule has 0 radical (unpaired) electrons. The molecule has 0 saturated carbocycles. The molecule has 2 N–H and O–H groups in total. The van der Waals surface area contributed by atoms with Crippen LogP contribution < -0.4 is 0 Å². The highest BCUT2D eigenvalue weighted by atomic mass is 35.5. The summed E-state index contributed by atoms with van der Waals surface area (Å²) >= 11 is 12.4. The van der Waals surface area contributed by atoms with Crippen molar-refractivity contribution in [1.82, 2.24) is 0 Å². The van der Waals surface area contributed by atoms with Crippen LogP contribution in [0.1, 0.15) is 34.8 Å². The van der Waals surface area contributed by atoms with Gasteiger partial charge in [-0.3, -0.25) is 0 Å². The lowest BCUT2D eigenvalue weighted by Gasteiger charge is -2.47. The van der Waals surface area contributed by atoms with Crippen LogP contribution in [0.15, 0.2) is 36.4 Å². The summed E-state index contributed by atoms with van der Waals surface area (Å²) in [6.07, 6.45) is -4.48. The van der Waals surface area contributed by atoms with E-state index in [9.17, 15) is 10.2 Å². The van der Waals surface area contributed by atoms with Crippen LogP contribution in [-0.2, 0) is 18.9 Å². The number of rotatable bonds is 4. The lowest BCUT2D eigenvalue weighted by molar-refractivity contribution is -0.373. The number of halogens is 2. The molecule has 8 heteroatoms. The molecule has 30 heavy (non-hydrogen) atoms. The molecular weight excluding hydrogens is 431 g/mol. The lowest BCUT2D eigenvalue weighted by atomic mass is 9.99. The molecule has 0 amide bonds. The first kappa shape index (κ1) is 22.0. The van der Waals surface area contributed by atoms with Gasteiger partial charge in [0.05, 0.1) is 13.2 Å². The standard InChI is InChI=1S/C22H24Cl2O6/c1-11-3-4-14(8-16(11)24)21-27-10-18-20(30-21)19(17(26)9-25)29-22(28-18)13-5-6-15(23)12(2)7-13/h3-8,17-22,25-26H,9-10H2,1-2H3. The summed E-state index contributed by atoms with van der Waals surface area (Å²) in [7, 11) is 0. The number of aryl methyl sites for hydroxylation is 2. The van der Waals surface area contributed by atoms with Crippen molar-refractivity contribution in [2.24, 2.45) is 0 Å². The van der Waals surface area contributed by atoms with Gasteiger partial charge < -0.3 is 29.2 Å². The van der Waals surface area contributed by atoms with Gasteiger partial charge in [0.25, 0.3) is 0 Å². The summed E-state index contributed by atoms with van der Waals surface area (Å²) in [5, 5.41) is 21.3. The van der Waals surface area contributed by atoms with Gasteiger partial charge in [-0.15, -0.1) is 0 Å². The second-order valence-corrected chi connectivity index (χ2v) is 8.45. The molecule has 2 aliphatic heterocycles. The highest BCUT2D eigenvalue weighted by Gasteiger charge is 2.48. The van der Waals surface area contributed by atoms with Gasteiger partial charge in [-0.2, -0.15) is 0 Å². The Balaban J connectivity index is 1.57. The second-order valence-electron chi connectivity index (χ2n) is 7.64. The molecule has 6 atom stereocenters. The van der Waals surface area contributed by atoms with Crippen LogP contribution in [0.4, 0.5) is 0 Å². The van der Waals surface area contributed by atoms with Gasteiger partial charge >= 0.3 is 0 Å². The normalized spacial score (nSPS) is 30.0. The van der Waals surface area contributed by atoms with Crippen LogP contribution in [0.2, 0.25) is 10.0 Å². The summed E-state index contributed by atoms with van der Waals surface area (Å²) in [4.78, 5) is 0. The topological polar surface area (TPSA) is 77.4 Å². The van der Waals surface area contributed by atoms with Crippen molar-refractivity contribution in [1.29, 1.82) is 0 Å². The van der Waals surface area contributed by atoms with Gasteiger partial charge in [0.2, 0.25) is 0 Å².